The molecule has 0 aliphatic heterocycles. The van der Waals surface area contributed by atoms with Crippen LogP contribution in [0.3, 0.4) is 0 Å². The summed E-state index contributed by atoms with van der Waals surface area (Å²) in [6, 6.07) is 10.2. The van der Waals surface area contributed by atoms with E-state index in [1.54, 1.807) is 28.4 Å². The van der Waals surface area contributed by atoms with Gasteiger partial charge in [-0.3, -0.25) is 4.79 Å². The fourth-order valence-corrected chi connectivity index (χ4v) is 6.30. The van der Waals surface area contributed by atoms with Gasteiger partial charge in [0.2, 0.25) is 0 Å². The summed E-state index contributed by atoms with van der Waals surface area (Å²) in [4.78, 5) is 12.2. The minimum absolute atomic E-state index is 0. The molecule has 0 spiro atoms. The van der Waals surface area contributed by atoms with Crippen molar-refractivity contribution in [2.24, 2.45) is 11.8 Å². The largest absolute Gasteiger partial charge is 0.493 e. The number of aliphatic carboxylic acids is 1. The number of carbonyl (C=O) groups is 1. The molecule has 2 aromatic rings. The molecule has 2 unspecified atom stereocenters. The van der Waals surface area contributed by atoms with Gasteiger partial charge in [-0.15, -0.1) is 12.4 Å². The molecule has 0 heterocycles. The van der Waals surface area contributed by atoms with Gasteiger partial charge < -0.3 is 29.4 Å². The monoisotopic (exact) mass is 563 g/mol. The first-order valence-corrected chi connectivity index (χ1v) is 13.7. The molecule has 7 nitrogen and oxygen atoms in total. The van der Waals surface area contributed by atoms with E-state index < -0.39 is 11.4 Å². The zero-order valence-electron chi connectivity index (χ0n) is 24.3. The van der Waals surface area contributed by atoms with Crippen LogP contribution in [0.5, 0.6) is 23.0 Å². The molecular weight excluding hydrogens is 518 g/mol. The Kier molecular flexibility index (Phi) is 12.7. The minimum Gasteiger partial charge on any atom is -0.493 e. The molecule has 0 saturated heterocycles. The lowest BCUT2D eigenvalue weighted by Gasteiger charge is -2.48. The van der Waals surface area contributed by atoms with Crippen LogP contribution in [0.1, 0.15) is 62.6 Å². The second-order valence-corrected chi connectivity index (χ2v) is 10.6. The van der Waals surface area contributed by atoms with Crippen molar-refractivity contribution in [2.45, 2.75) is 64.2 Å². The normalized spacial score (nSPS) is 18.2. The lowest BCUT2D eigenvalue weighted by atomic mass is 9.55. The van der Waals surface area contributed by atoms with Crippen molar-refractivity contribution in [2.75, 3.05) is 41.5 Å². The number of nitrogens with one attached hydrogen (secondary N) is 1. The maximum atomic E-state index is 12.2. The Morgan fingerprint density at radius 2 is 1.56 bits per heavy atom. The van der Waals surface area contributed by atoms with Crippen LogP contribution in [0, 0.1) is 11.8 Å². The average Bonchev–Trinajstić information content (AvgIpc) is 2.91. The van der Waals surface area contributed by atoms with Crippen molar-refractivity contribution in [3.63, 3.8) is 0 Å². The molecule has 0 radical (unpaired) electrons. The summed E-state index contributed by atoms with van der Waals surface area (Å²) in [5, 5.41) is 13.6. The number of methoxy groups -OCH3 is 4. The van der Waals surface area contributed by atoms with E-state index in [-0.39, 0.29) is 30.7 Å². The minimum atomic E-state index is -0.750. The predicted molar refractivity (Wildman–Crippen MR) is 157 cm³/mol. The zero-order valence-corrected chi connectivity index (χ0v) is 25.1. The number of fused-ring (bicyclic) bond motifs is 1. The fourth-order valence-electron chi connectivity index (χ4n) is 6.30. The number of halogens is 1. The Balaban J connectivity index is 0.00000533. The van der Waals surface area contributed by atoms with Crippen LogP contribution in [-0.2, 0) is 23.1 Å². The molecule has 0 aromatic heterocycles. The van der Waals surface area contributed by atoms with Gasteiger partial charge in [-0.2, -0.15) is 0 Å². The number of aryl methyl sites for hydroxylation is 2. The summed E-state index contributed by atoms with van der Waals surface area (Å²) in [7, 11) is 6.58. The summed E-state index contributed by atoms with van der Waals surface area (Å²) in [6.07, 6.45) is 6.02. The molecular formula is C31H46ClNO6. The first-order chi connectivity index (χ1) is 18.3. The standard InChI is InChI=1S/C31H45NO6.ClH/c1-21(2)31(20-30(33)34)24(13-12-23-18-28(37-5)29(38-6)19-25(23)31)10-8-16-32-15-7-9-22-11-14-26(35-3)27(17-22)36-4;/h11,14,17-19,21,24,32H,7-10,12-13,15-16,20H2,1-6H3,(H,33,34);1H. The van der Waals surface area contributed by atoms with Crippen molar-refractivity contribution < 1.29 is 28.8 Å². The van der Waals surface area contributed by atoms with Crippen LogP contribution in [0.2, 0.25) is 0 Å². The highest BCUT2D eigenvalue weighted by Gasteiger charge is 2.48. The molecule has 39 heavy (non-hydrogen) atoms. The molecule has 1 aliphatic rings. The van der Waals surface area contributed by atoms with E-state index in [4.69, 9.17) is 18.9 Å². The Bertz CT molecular complexity index is 1080. The summed E-state index contributed by atoms with van der Waals surface area (Å²) in [5.74, 6) is 2.59. The third-order valence-electron chi connectivity index (χ3n) is 8.25. The average molecular weight is 564 g/mol. The summed E-state index contributed by atoms with van der Waals surface area (Å²) in [5.41, 5.74) is 3.09. The third kappa shape index (κ3) is 7.52. The smallest absolute Gasteiger partial charge is 0.304 e. The highest BCUT2D eigenvalue weighted by Crippen LogP contribution is 2.53. The van der Waals surface area contributed by atoms with Crippen LogP contribution < -0.4 is 24.3 Å². The molecule has 0 saturated carbocycles. The quantitative estimate of drug-likeness (QED) is 0.254. The van der Waals surface area contributed by atoms with Crippen molar-refractivity contribution in [3.05, 3.63) is 47.0 Å². The Labute approximate surface area is 240 Å². The highest BCUT2D eigenvalue weighted by atomic mass is 35.5. The number of benzene rings is 2. The predicted octanol–water partition coefficient (Wildman–Crippen LogP) is 6.08. The van der Waals surface area contributed by atoms with Gasteiger partial charge in [-0.25, -0.2) is 0 Å². The van der Waals surface area contributed by atoms with Gasteiger partial charge in [0.25, 0.3) is 0 Å². The van der Waals surface area contributed by atoms with Gasteiger partial charge in [0.05, 0.1) is 34.9 Å². The molecule has 2 N–H and O–H groups in total. The van der Waals surface area contributed by atoms with Crippen molar-refractivity contribution >= 4 is 18.4 Å². The second kappa shape index (κ2) is 15.2. The summed E-state index contributed by atoms with van der Waals surface area (Å²) >= 11 is 0. The van der Waals surface area contributed by atoms with Crippen LogP contribution in [0.4, 0.5) is 0 Å². The van der Waals surface area contributed by atoms with E-state index in [2.05, 4.69) is 25.2 Å². The first kappa shape index (κ1) is 32.6. The molecule has 218 valence electrons. The Morgan fingerprint density at radius 1 is 0.949 bits per heavy atom. The van der Waals surface area contributed by atoms with E-state index in [9.17, 15) is 9.90 Å². The molecule has 2 aromatic carbocycles. The van der Waals surface area contributed by atoms with Crippen LogP contribution in [-0.4, -0.2) is 52.6 Å². The third-order valence-corrected chi connectivity index (χ3v) is 8.25. The van der Waals surface area contributed by atoms with E-state index in [0.29, 0.717) is 11.5 Å². The lowest BCUT2D eigenvalue weighted by Crippen LogP contribution is -2.46. The number of hydrogen-bond acceptors (Lipinski definition) is 6. The molecule has 0 fully saturated rings. The van der Waals surface area contributed by atoms with E-state index in [1.807, 2.05) is 24.3 Å². The highest BCUT2D eigenvalue weighted by molar-refractivity contribution is 5.85. The first-order valence-electron chi connectivity index (χ1n) is 13.7. The van der Waals surface area contributed by atoms with Crippen LogP contribution in [0.25, 0.3) is 0 Å². The van der Waals surface area contributed by atoms with Gasteiger partial charge in [-0.05, 0) is 104 Å². The molecule has 1 aliphatic carbocycles. The van der Waals surface area contributed by atoms with Crippen LogP contribution >= 0.6 is 12.4 Å². The fraction of sp³-hybridized carbons (Fsp3) is 0.581. The number of rotatable bonds is 15. The maximum absolute atomic E-state index is 12.2. The van der Waals surface area contributed by atoms with Gasteiger partial charge in [-0.1, -0.05) is 19.9 Å². The van der Waals surface area contributed by atoms with Gasteiger partial charge >= 0.3 is 5.97 Å². The number of hydrogen-bond donors (Lipinski definition) is 2. The maximum Gasteiger partial charge on any atom is 0.304 e. The second-order valence-electron chi connectivity index (χ2n) is 10.6. The van der Waals surface area contributed by atoms with Gasteiger partial charge in [0.1, 0.15) is 0 Å². The van der Waals surface area contributed by atoms with Gasteiger partial charge in [0.15, 0.2) is 23.0 Å². The van der Waals surface area contributed by atoms with Crippen molar-refractivity contribution in [3.8, 4) is 23.0 Å². The van der Waals surface area contributed by atoms with E-state index in [1.165, 1.54) is 11.1 Å². The molecule has 2 atom stereocenters. The Morgan fingerprint density at radius 3 is 2.18 bits per heavy atom. The van der Waals surface area contributed by atoms with E-state index >= 15 is 0 Å². The summed E-state index contributed by atoms with van der Waals surface area (Å²) in [6.45, 7) is 6.17. The zero-order chi connectivity index (χ0) is 27.7. The summed E-state index contributed by atoms with van der Waals surface area (Å²) < 4.78 is 21.9. The number of ether oxygens (including phenoxy) is 4. The van der Waals surface area contributed by atoms with Crippen LogP contribution in [0.15, 0.2) is 30.3 Å². The van der Waals surface area contributed by atoms with Gasteiger partial charge in [0, 0.05) is 5.41 Å². The Hall–Kier alpha value is -2.64. The number of carboxylic acids is 1. The lowest BCUT2D eigenvalue weighted by molar-refractivity contribution is -0.140. The molecule has 0 amide bonds. The van der Waals surface area contributed by atoms with E-state index in [0.717, 1.165) is 68.7 Å². The topological polar surface area (TPSA) is 86.2 Å². The van der Waals surface area contributed by atoms with Crippen molar-refractivity contribution in [1.82, 2.24) is 5.32 Å². The van der Waals surface area contributed by atoms with Crippen molar-refractivity contribution in [1.29, 1.82) is 0 Å². The molecule has 8 heteroatoms. The molecule has 3 rings (SSSR count). The SMILES string of the molecule is COc1ccc(CCCNCCCC2CCc3cc(OC)c(OC)cc3C2(CC(=O)O)C(C)C)cc1OC.Cl. The molecule has 0 bridgehead atoms. The number of carboxylic acid groups (broad SMARTS) is 1.